The Morgan fingerprint density at radius 1 is 1.15 bits per heavy atom. The molecule has 0 unspecified atom stereocenters. The number of rotatable bonds is 4. The standard InChI is InChI=1S/C19H23N3O3S/c1-13-7-8-16(11-17(13)19(23)22-10-9-15(20)12-22)26(24,25)21-18-6-4-3-5-14(18)2/h3-8,11,15,21H,9-10,12,20H2,1-2H3/t15-/m1/s1. The van der Waals surface area contributed by atoms with Crippen LogP contribution in [0, 0.1) is 13.8 Å². The van der Waals surface area contributed by atoms with Gasteiger partial charge in [-0.15, -0.1) is 0 Å². The average molecular weight is 373 g/mol. The molecule has 0 aliphatic carbocycles. The lowest BCUT2D eigenvalue weighted by Gasteiger charge is -2.18. The highest BCUT2D eigenvalue weighted by molar-refractivity contribution is 7.92. The van der Waals surface area contributed by atoms with E-state index in [-0.39, 0.29) is 16.8 Å². The molecule has 138 valence electrons. The molecule has 6 nitrogen and oxygen atoms in total. The highest BCUT2D eigenvalue weighted by Crippen LogP contribution is 2.23. The summed E-state index contributed by atoms with van der Waals surface area (Å²) in [5, 5.41) is 0. The van der Waals surface area contributed by atoms with Gasteiger partial charge in [0.05, 0.1) is 10.6 Å². The predicted molar refractivity (Wildman–Crippen MR) is 102 cm³/mol. The summed E-state index contributed by atoms with van der Waals surface area (Å²) >= 11 is 0. The number of nitrogens with one attached hydrogen (secondary N) is 1. The number of nitrogens with zero attached hydrogens (tertiary/aromatic N) is 1. The van der Waals surface area contributed by atoms with Crippen molar-refractivity contribution in [1.82, 2.24) is 4.90 Å². The molecule has 3 N–H and O–H groups in total. The zero-order valence-corrected chi connectivity index (χ0v) is 15.7. The summed E-state index contributed by atoms with van der Waals surface area (Å²) in [6, 6.07) is 11.8. The number of aryl methyl sites for hydroxylation is 2. The highest BCUT2D eigenvalue weighted by atomic mass is 32.2. The van der Waals surface area contributed by atoms with Crippen LogP contribution in [0.15, 0.2) is 47.4 Å². The van der Waals surface area contributed by atoms with Crippen LogP contribution in [0.25, 0.3) is 0 Å². The SMILES string of the molecule is Cc1ccccc1NS(=O)(=O)c1ccc(C)c(C(=O)N2CC[C@@H](N)C2)c1. The molecule has 7 heteroatoms. The fourth-order valence-corrected chi connectivity index (χ4v) is 4.19. The third kappa shape index (κ3) is 3.73. The van der Waals surface area contributed by atoms with Crippen molar-refractivity contribution in [2.45, 2.75) is 31.2 Å². The number of hydrogen-bond acceptors (Lipinski definition) is 4. The van der Waals surface area contributed by atoms with Crippen molar-refractivity contribution >= 4 is 21.6 Å². The summed E-state index contributed by atoms with van der Waals surface area (Å²) in [4.78, 5) is 14.5. The summed E-state index contributed by atoms with van der Waals surface area (Å²) < 4.78 is 28.1. The third-order valence-corrected chi connectivity index (χ3v) is 6.01. The number of nitrogens with two attached hydrogens (primary N) is 1. The van der Waals surface area contributed by atoms with Crippen molar-refractivity contribution in [3.63, 3.8) is 0 Å². The molecule has 0 spiro atoms. The second-order valence-electron chi connectivity index (χ2n) is 6.70. The van der Waals surface area contributed by atoms with Gasteiger partial charge in [0.1, 0.15) is 0 Å². The maximum Gasteiger partial charge on any atom is 0.261 e. The molecule has 1 saturated heterocycles. The van der Waals surface area contributed by atoms with Gasteiger partial charge >= 0.3 is 0 Å². The van der Waals surface area contributed by atoms with Gasteiger partial charge in [0.25, 0.3) is 15.9 Å². The summed E-state index contributed by atoms with van der Waals surface area (Å²) in [6.07, 6.45) is 0.762. The fourth-order valence-electron chi connectivity index (χ4n) is 3.03. The number of carbonyl (C=O) groups excluding carboxylic acids is 1. The highest BCUT2D eigenvalue weighted by Gasteiger charge is 2.27. The normalized spacial score (nSPS) is 17.3. The number of likely N-dealkylation sites (tertiary alicyclic amines) is 1. The molecule has 26 heavy (non-hydrogen) atoms. The minimum Gasteiger partial charge on any atom is -0.337 e. The van der Waals surface area contributed by atoms with Crippen molar-refractivity contribution in [2.75, 3.05) is 17.8 Å². The first-order valence-electron chi connectivity index (χ1n) is 8.52. The van der Waals surface area contributed by atoms with Crippen molar-refractivity contribution in [3.8, 4) is 0 Å². The first-order valence-corrected chi connectivity index (χ1v) is 10.0. The van der Waals surface area contributed by atoms with E-state index in [1.54, 1.807) is 30.0 Å². The first-order chi connectivity index (χ1) is 12.3. The number of amides is 1. The molecular formula is C19H23N3O3S. The van der Waals surface area contributed by atoms with Gasteiger partial charge in [-0.05, 0) is 49.6 Å². The van der Waals surface area contributed by atoms with E-state index in [2.05, 4.69) is 4.72 Å². The molecule has 0 aromatic heterocycles. The molecule has 1 fully saturated rings. The van der Waals surface area contributed by atoms with Crippen LogP contribution in [0.2, 0.25) is 0 Å². The zero-order valence-electron chi connectivity index (χ0n) is 14.9. The lowest BCUT2D eigenvalue weighted by Crippen LogP contribution is -2.32. The lowest BCUT2D eigenvalue weighted by molar-refractivity contribution is 0.0790. The van der Waals surface area contributed by atoms with E-state index in [1.165, 1.54) is 12.1 Å². The van der Waals surface area contributed by atoms with E-state index in [4.69, 9.17) is 5.73 Å². The third-order valence-electron chi connectivity index (χ3n) is 4.65. The van der Waals surface area contributed by atoms with Gasteiger partial charge in [-0.2, -0.15) is 0 Å². The van der Waals surface area contributed by atoms with Crippen LogP contribution >= 0.6 is 0 Å². The van der Waals surface area contributed by atoms with Gasteiger partial charge in [0.15, 0.2) is 0 Å². The largest absolute Gasteiger partial charge is 0.337 e. The topological polar surface area (TPSA) is 92.5 Å². The lowest BCUT2D eigenvalue weighted by atomic mass is 10.1. The molecule has 0 saturated carbocycles. The minimum atomic E-state index is -3.79. The van der Waals surface area contributed by atoms with Crippen molar-refractivity contribution in [3.05, 3.63) is 59.2 Å². The van der Waals surface area contributed by atoms with E-state index >= 15 is 0 Å². The second kappa shape index (κ2) is 7.09. The molecule has 1 heterocycles. The number of sulfonamides is 1. The number of hydrogen-bond donors (Lipinski definition) is 2. The van der Waals surface area contributed by atoms with Crippen LogP contribution < -0.4 is 10.5 Å². The monoisotopic (exact) mass is 373 g/mol. The van der Waals surface area contributed by atoms with E-state index in [0.717, 1.165) is 17.5 Å². The molecule has 2 aromatic carbocycles. The van der Waals surface area contributed by atoms with Gasteiger partial charge in [-0.3, -0.25) is 9.52 Å². The Hall–Kier alpha value is -2.38. The summed E-state index contributed by atoms with van der Waals surface area (Å²) in [5.74, 6) is -0.177. The quantitative estimate of drug-likeness (QED) is 0.860. The number of para-hydroxylation sites is 1. The minimum absolute atomic E-state index is 0.0195. The fraction of sp³-hybridized carbons (Fsp3) is 0.316. The average Bonchev–Trinajstić information content (AvgIpc) is 3.03. The Kier molecular flexibility index (Phi) is 5.02. The van der Waals surface area contributed by atoms with Crippen LogP contribution in [0.5, 0.6) is 0 Å². The molecule has 0 bridgehead atoms. The van der Waals surface area contributed by atoms with Crippen LogP contribution in [-0.4, -0.2) is 38.4 Å². The van der Waals surface area contributed by atoms with Gasteiger partial charge < -0.3 is 10.6 Å². The molecule has 1 amide bonds. The molecule has 3 rings (SSSR count). The Morgan fingerprint density at radius 2 is 1.88 bits per heavy atom. The van der Waals surface area contributed by atoms with Gasteiger partial charge in [0, 0.05) is 24.7 Å². The smallest absolute Gasteiger partial charge is 0.261 e. The Bertz CT molecular complexity index is 941. The number of anilines is 1. The molecular weight excluding hydrogens is 350 g/mol. The van der Waals surface area contributed by atoms with E-state index < -0.39 is 10.0 Å². The van der Waals surface area contributed by atoms with Gasteiger partial charge in [-0.1, -0.05) is 24.3 Å². The van der Waals surface area contributed by atoms with E-state index in [0.29, 0.717) is 24.3 Å². The van der Waals surface area contributed by atoms with Gasteiger partial charge in [-0.25, -0.2) is 8.42 Å². The molecule has 1 aliphatic rings. The summed E-state index contributed by atoms with van der Waals surface area (Å²) in [7, 11) is -3.79. The van der Waals surface area contributed by atoms with Crippen LogP contribution in [0.3, 0.4) is 0 Å². The van der Waals surface area contributed by atoms with Crippen molar-refractivity contribution in [2.24, 2.45) is 5.73 Å². The summed E-state index contributed by atoms with van der Waals surface area (Å²) in [6.45, 7) is 4.72. The van der Waals surface area contributed by atoms with Crippen molar-refractivity contribution in [1.29, 1.82) is 0 Å². The molecule has 1 atom stereocenters. The Balaban J connectivity index is 1.91. The van der Waals surface area contributed by atoms with E-state index in [1.807, 2.05) is 19.1 Å². The Morgan fingerprint density at radius 3 is 2.54 bits per heavy atom. The number of benzene rings is 2. The second-order valence-corrected chi connectivity index (χ2v) is 8.38. The number of carbonyl (C=O) groups is 1. The first kappa shape index (κ1) is 18.4. The van der Waals surface area contributed by atoms with Gasteiger partial charge in [0.2, 0.25) is 0 Å². The maximum atomic E-state index is 12.8. The Labute approximate surface area is 154 Å². The molecule has 2 aromatic rings. The van der Waals surface area contributed by atoms with Crippen LogP contribution in [0.4, 0.5) is 5.69 Å². The van der Waals surface area contributed by atoms with E-state index in [9.17, 15) is 13.2 Å². The van der Waals surface area contributed by atoms with Crippen molar-refractivity contribution < 1.29 is 13.2 Å². The summed E-state index contributed by atoms with van der Waals surface area (Å²) in [5.41, 5.74) is 8.36. The zero-order chi connectivity index (χ0) is 18.9. The maximum absolute atomic E-state index is 12.8. The van der Waals surface area contributed by atoms with Crippen LogP contribution in [-0.2, 0) is 10.0 Å². The molecule has 1 aliphatic heterocycles. The predicted octanol–water partition coefficient (Wildman–Crippen LogP) is 2.28. The van der Waals surface area contributed by atoms with Crippen LogP contribution in [0.1, 0.15) is 27.9 Å². The molecule has 0 radical (unpaired) electrons.